The summed E-state index contributed by atoms with van der Waals surface area (Å²) < 4.78 is 67.7. The summed E-state index contributed by atoms with van der Waals surface area (Å²) in [6.45, 7) is 0. The lowest BCUT2D eigenvalue weighted by Crippen LogP contribution is -2.31. The number of ether oxygens (including phenoxy) is 1. The molecule has 0 amide bonds. The maximum Gasteiger partial charge on any atom is 0.573 e. The highest BCUT2D eigenvalue weighted by Gasteiger charge is 2.31. The van der Waals surface area contributed by atoms with Gasteiger partial charge in [-0.15, -0.1) is 13.2 Å². The van der Waals surface area contributed by atoms with Crippen molar-refractivity contribution in [2.75, 3.05) is 6.26 Å². The average molecular weight is 362 g/mol. The van der Waals surface area contributed by atoms with Gasteiger partial charge in [-0.25, -0.2) is 0 Å². The van der Waals surface area contributed by atoms with Crippen molar-refractivity contribution in [2.45, 2.75) is 38.1 Å². The molecule has 0 spiro atoms. The molecule has 24 heavy (non-hydrogen) atoms. The standard InChI is InChI=1S/C16H17F3O4S/c1-24(20,21)23-15(13-5-3-6-13)7-2-4-12-8-10-14(11-9-12)22-16(17,18)19/h8-11,13,15H,3,5-7H2,1H3. The molecule has 1 aromatic carbocycles. The summed E-state index contributed by atoms with van der Waals surface area (Å²) in [7, 11) is -3.55. The Morgan fingerprint density at radius 3 is 2.33 bits per heavy atom. The summed E-state index contributed by atoms with van der Waals surface area (Å²) in [5, 5.41) is 0. The largest absolute Gasteiger partial charge is 0.573 e. The first-order valence-corrected chi connectivity index (χ1v) is 9.17. The van der Waals surface area contributed by atoms with Gasteiger partial charge in [0.1, 0.15) is 5.75 Å². The molecule has 132 valence electrons. The Bertz CT molecular complexity index is 710. The SMILES string of the molecule is CS(=O)(=O)OC(CC#Cc1ccc(OC(F)(F)F)cc1)C1CCC1. The van der Waals surface area contributed by atoms with Crippen LogP contribution in [0.3, 0.4) is 0 Å². The molecule has 0 bridgehead atoms. The maximum absolute atomic E-state index is 12.1. The monoisotopic (exact) mass is 362 g/mol. The summed E-state index contributed by atoms with van der Waals surface area (Å²) in [6, 6.07) is 5.16. The van der Waals surface area contributed by atoms with Crippen molar-refractivity contribution < 1.29 is 30.5 Å². The van der Waals surface area contributed by atoms with Crippen LogP contribution in [-0.4, -0.2) is 27.1 Å². The zero-order chi connectivity index (χ0) is 17.8. The molecule has 1 atom stereocenters. The third-order valence-corrected chi connectivity index (χ3v) is 4.19. The van der Waals surface area contributed by atoms with Gasteiger partial charge in [-0.3, -0.25) is 4.18 Å². The molecule has 0 N–H and O–H groups in total. The number of benzene rings is 1. The van der Waals surface area contributed by atoms with Gasteiger partial charge in [0.15, 0.2) is 0 Å². The highest BCUT2D eigenvalue weighted by molar-refractivity contribution is 7.86. The van der Waals surface area contributed by atoms with Crippen molar-refractivity contribution in [1.29, 1.82) is 0 Å². The summed E-state index contributed by atoms with van der Waals surface area (Å²) >= 11 is 0. The maximum atomic E-state index is 12.1. The third kappa shape index (κ3) is 6.42. The molecule has 0 saturated heterocycles. The molecule has 4 nitrogen and oxygen atoms in total. The van der Waals surface area contributed by atoms with Crippen LogP contribution in [0.5, 0.6) is 5.75 Å². The van der Waals surface area contributed by atoms with E-state index in [0.29, 0.717) is 5.56 Å². The van der Waals surface area contributed by atoms with E-state index in [-0.39, 0.29) is 18.1 Å². The van der Waals surface area contributed by atoms with Gasteiger partial charge in [-0.1, -0.05) is 18.3 Å². The second-order valence-corrected chi connectivity index (χ2v) is 7.21. The topological polar surface area (TPSA) is 52.6 Å². The van der Waals surface area contributed by atoms with Crippen LogP contribution >= 0.6 is 0 Å². The highest BCUT2D eigenvalue weighted by atomic mass is 32.2. The molecule has 2 rings (SSSR count). The van der Waals surface area contributed by atoms with Crippen molar-refractivity contribution in [3.05, 3.63) is 29.8 Å². The van der Waals surface area contributed by atoms with E-state index in [9.17, 15) is 21.6 Å². The van der Waals surface area contributed by atoms with Crippen LogP contribution in [0.2, 0.25) is 0 Å². The molecule has 0 heterocycles. The number of hydrogen-bond acceptors (Lipinski definition) is 4. The Hall–Kier alpha value is -1.72. The van der Waals surface area contributed by atoms with Crippen molar-refractivity contribution >= 4 is 10.1 Å². The molecule has 8 heteroatoms. The lowest BCUT2D eigenvalue weighted by molar-refractivity contribution is -0.274. The van der Waals surface area contributed by atoms with Crippen molar-refractivity contribution in [1.82, 2.24) is 0 Å². The van der Waals surface area contributed by atoms with Crippen LogP contribution < -0.4 is 4.74 Å². The normalized spacial score (nSPS) is 16.7. The molecular formula is C16H17F3O4S. The summed E-state index contributed by atoms with van der Waals surface area (Å²) in [5.74, 6) is 5.49. The first-order chi connectivity index (χ1) is 11.1. The summed E-state index contributed by atoms with van der Waals surface area (Å²) in [4.78, 5) is 0. The first kappa shape index (κ1) is 18.6. The van der Waals surface area contributed by atoms with E-state index in [4.69, 9.17) is 4.18 Å². The van der Waals surface area contributed by atoms with Crippen molar-refractivity contribution in [3.8, 4) is 17.6 Å². The molecule has 1 saturated carbocycles. The Morgan fingerprint density at radius 2 is 1.88 bits per heavy atom. The molecule has 0 aliphatic heterocycles. The van der Waals surface area contributed by atoms with Gasteiger partial charge in [-0.05, 0) is 43.0 Å². The fourth-order valence-electron chi connectivity index (χ4n) is 2.31. The highest BCUT2D eigenvalue weighted by Crippen LogP contribution is 2.33. The van der Waals surface area contributed by atoms with E-state index in [2.05, 4.69) is 16.6 Å². The van der Waals surface area contributed by atoms with Crippen LogP contribution in [0.1, 0.15) is 31.2 Å². The Kier molecular flexibility index (Phi) is 5.78. The molecule has 0 radical (unpaired) electrons. The number of hydrogen-bond donors (Lipinski definition) is 0. The van der Waals surface area contributed by atoms with E-state index in [0.717, 1.165) is 25.5 Å². The van der Waals surface area contributed by atoms with Crippen LogP contribution in [0.15, 0.2) is 24.3 Å². The van der Waals surface area contributed by atoms with Crippen LogP contribution in [0.25, 0.3) is 0 Å². The average Bonchev–Trinajstić information content (AvgIpc) is 2.35. The minimum atomic E-state index is -4.73. The summed E-state index contributed by atoms with van der Waals surface area (Å²) in [6.07, 6.45) is -1.09. The molecular weight excluding hydrogens is 345 g/mol. The van der Waals surface area contributed by atoms with E-state index in [1.165, 1.54) is 24.3 Å². The van der Waals surface area contributed by atoms with Gasteiger partial charge >= 0.3 is 6.36 Å². The fourth-order valence-corrected chi connectivity index (χ4v) is 2.98. The van der Waals surface area contributed by atoms with E-state index in [1.54, 1.807) is 0 Å². The molecule has 0 aromatic heterocycles. The van der Waals surface area contributed by atoms with E-state index < -0.39 is 22.6 Å². The van der Waals surface area contributed by atoms with Gasteiger partial charge < -0.3 is 4.74 Å². The quantitative estimate of drug-likeness (QED) is 0.595. The Morgan fingerprint density at radius 1 is 1.25 bits per heavy atom. The zero-order valence-corrected chi connectivity index (χ0v) is 13.8. The van der Waals surface area contributed by atoms with Crippen LogP contribution in [0, 0.1) is 17.8 Å². The summed E-state index contributed by atoms with van der Waals surface area (Å²) in [5.41, 5.74) is 0.510. The van der Waals surface area contributed by atoms with Crippen LogP contribution in [0.4, 0.5) is 13.2 Å². The van der Waals surface area contributed by atoms with Crippen LogP contribution in [-0.2, 0) is 14.3 Å². The minimum absolute atomic E-state index is 0.177. The fraction of sp³-hybridized carbons (Fsp3) is 0.500. The molecule has 1 aliphatic carbocycles. The van der Waals surface area contributed by atoms with E-state index in [1.807, 2.05) is 0 Å². The predicted octanol–water partition coefficient (Wildman–Crippen LogP) is 3.47. The van der Waals surface area contributed by atoms with Gasteiger partial charge in [0, 0.05) is 12.0 Å². The number of alkyl halides is 3. The predicted molar refractivity (Wildman–Crippen MR) is 81.7 cm³/mol. The molecule has 1 unspecified atom stereocenters. The van der Waals surface area contributed by atoms with Gasteiger partial charge in [-0.2, -0.15) is 8.42 Å². The minimum Gasteiger partial charge on any atom is -0.406 e. The zero-order valence-electron chi connectivity index (χ0n) is 13.0. The smallest absolute Gasteiger partial charge is 0.406 e. The van der Waals surface area contributed by atoms with Crippen molar-refractivity contribution in [3.63, 3.8) is 0 Å². The molecule has 1 fully saturated rings. The Balaban J connectivity index is 1.97. The second kappa shape index (κ2) is 7.45. The van der Waals surface area contributed by atoms with Gasteiger partial charge in [0.2, 0.25) is 0 Å². The second-order valence-electron chi connectivity index (χ2n) is 5.61. The van der Waals surface area contributed by atoms with Crippen molar-refractivity contribution in [2.24, 2.45) is 5.92 Å². The lowest BCUT2D eigenvalue weighted by Gasteiger charge is -2.31. The Labute approximate surface area is 139 Å². The molecule has 1 aliphatic rings. The number of rotatable bonds is 5. The van der Waals surface area contributed by atoms with Gasteiger partial charge in [0.25, 0.3) is 10.1 Å². The lowest BCUT2D eigenvalue weighted by atomic mass is 9.80. The number of halogens is 3. The van der Waals surface area contributed by atoms with Gasteiger partial charge in [0.05, 0.1) is 12.4 Å². The van der Waals surface area contributed by atoms with E-state index >= 15 is 0 Å². The third-order valence-electron chi connectivity index (χ3n) is 3.60. The molecule has 1 aromatic rings. The first-order valence-electron chi connectivity index (χ1n) is 7.35.